The first-order chi connectivity index (χ1) is 10.3. The summed E-state index contributed by atoms with van der Waals surface area (Å²) >= 11 is 6.47. The molecule has 0 N–H and O–H groups in total. The molecule has 3 heterocycles. The van der Waals surface area contributed by atoms with Gasteiger partial charge in [-0.25, -0.2) is 4.98 Å². The van der Waals surface area contributed by atoms with E-state index < -0.39 is 0 Å². The highest BCUT2D eigenvalue weighted by Gasteiger charge is 2.09. The molecule has 0 aliphatic rings. The average molecular weight is 374 g/mol. The summed E-state index contributed by atoms with van der Waals surface area (Å²) in [7, 11) is 0. The first kappa shape index (κ1) is 14.1. The molecule has 0 fully saturated rings. The van der Waals surface area contributed by atoms with Crippen LogP contribution in [0.4, 0.5) is 0 Å². The maximum atomic E-state index is 9.36. The number of allylic oxidation sites excluding steroid dienone is 1. The highest BCUT2D eigenvalue weighted by molar-refractivity contribution is 9.10. The van der Waals surface area contributed by atoms with Crippen LogP contribution in [0.3, 0.4) is 0 Å². The number of rotatable bonds is 3. The van der Waals surface area contributed by atoms with Crippen LogP contribution in [-0.4, -0.2) is 9.97 Å². The van der Waals surface area contributed by atoms with E-state index in [0.29, 0.717) is 5.57 Å². The molecule has 0 unspecified atom stereocenters. The van der Waals surface area contributed by atoms with Gasteiger partial charge in [-0.2, -0.15) is 5.26 Å². The molecule has 102 valence electrons. The lowest BCUT2D eigenvalue weighted by atomic mass is 10.2. The summed E-state index contributed by atoms with van der Waals surface area (Å²) in [6.07, 6.45) is 5.34. The van der Waals surface area contributed by atoms with Gasteiger partial charge in [0.2, 0.25) is 0 Å². The Labute approximate surface area is 138 Å². The van der Waals surface area contributed by atoms with Gasteiger partial charge in [-0.3, -0.25) is 4.98 Å². The SMILES string of the molecule is N#C/C(=C\c1cc(Br)cs1)c1nc(-c2ccncc2)cs1. The second-order valence-electron chi connectivity index (χ2n) is 4.11. The third-order valence-electron chi connectivity index (χ3n) is 2.71. The molecule has 3 aromatic rings. The fourth-order valence-electron chi connectivity index (χ4n) is 1.74. The van der Waals surface area contributed by atoms with Gasteiger partial charge in [-0.05, 0) is 40.2 Å². The summed E-state index contributed by atoms with van der Waals surface area (Å²) < 4.78 is 1.02. The van der Waals surface area contributed by atoms with Crippen molar-refractivity contribution in [3.63, 3.8) is 0 Å². The fraction of sp³-hybridized carbons (Fsp3) is 0. The number of aromatic nitrogens is 2. The number of thiophene rings is 1. The van der Waals surface area contributed by atoms with E-state index in [1.807, 2.05) is 35.0 Å². The van der Waals surface area contributed by atoms with Crippen LogP contribution in [-0.2, 0) is 0 Å². The standard InChI is InChI=1S/C15H8BrN3S2/c16-12-6-13(20-8-12)5-11(7-17)15-19-14(9-21-15)10-1-3-18-4-2-10/h1-6,8-9H/b11-5+. The Morgan fingerprint density at radius 1 is 1.24 bits per heavy atom. The van der Waals surface area contributed by atoms with Gasteiger partial charge in [0.1, 0.15) is 11.1 Å². The van der Waals surface area contributed by atoms with Gasteiger partial charge in [0.25, 0.3) is 0 Å². The van der Waals surface area contributed by atoms with E-state index in [0.717, 1.165) is 25.6 Å². The first-order valence-corrected chi connectivity index (χ1v) is 8.53. The third-order valence-corrected chi connectivity index (χ3v) is 5.22. The molecule has 0 bridgehead atoms. The summed E-state index contributed by atoms with van der Waals surface area (Å²) in [5, 5.41) is 14.0. The summed E-state index contributed by atoms with van der Waals surface area (Å²) in [5.41, 5.74) is 2.45. The minimum absolute atomic E-state index is 0.578. The van der Waals surface area contributed by atoms with Crippen LogP contribution in [0.5, 0.6) is 0 Å². The molecular formula is C15H8BrN3S2. The number of thiazole rings is 1. The van der Waals surface area contributed by atoms with Crippen molar-refractivity contribution in [1.29, 1.82) is 5.26 Å². The molecule has 3 nitrogen and oxygen atoms in total. The smallest absolute Gasteiger partial charge is 0.134 e. The average Bonchev–Trinajstić information content (AvgIpc) is 3.15. The van der Waals surface area contributed by atoms with Crippen molar-refractivity contribution in [1.82, 2.24) is 9.97 Å². The van der Waals surface area contributed by atoms with Crippen LogP contribution in [0, 0.1) is 11.3 Å². The van der Waals surface area contributed by atoms with E-state index in [-0.39, 0.29) is 0 Å². The van der Waals surface area contributed by atoms with E-state index in [1.54, 1.807) is 23.7 Å². The van der Waals surface area contributed by atoms with Crippen molar-refractivity contribution in [2.75, 3.05) is 0 Å². The van der Waals surface area contributed by atoms with Crippen molar-refractivity contribution in [2.24, 2.45) is 0 Å². The Hall–Kier alpha value is -1.81. The van der Waals surface area contributed by atoms with Crippen molar-refractivity contribution >= 4 is 50.3 Å². The Balaban J connectivity index is 1.95. The molecule has 0 atom stereocenters. The van der Waals surface area contributed by atoms with Crippen LogP contribution in [0.2, 0.25) is 0 Å². The predicted molar refractivity (Wildman–Crippen MR) is 90.8 cm³/mol. The quantitative estimate of drug-likeness (QED) is 0.600. The van der Waals surface area contributed by atoms with Crippen molar-refractivity contribution in [2.45, 2.75) is 0 Å². The topological polar surface area (TPSA) is 49.6 Å². The Morgan fingerprint density at radius 2 is 2.05 bits per heavy atom. The van der Waals surface area contributed by atoms with Gasteiger partial charge in [0.05, 0.1) is 11.3 Å². The molecule has 0 saturated carbocycles. The van der Waals surface area contributed by atoms with Crippen LogP contribution >= 0.6 is 38.6 Å². The van der Waals surface area contributed by atoms with Gasteiger partial charge in [-0.1, -0.05) is 0 Å². The fourth-order valence-corrected chi connectivity index (χ4v) is 3.91. The Kier molecular flexibility index (Phi) is 4.25. The van der Waals surface area contributed by atoms with Crippen LogP contribution in [0.1, 0.15) is 9.88 Å². The van der Waals surface area contributed by atoms with Crippen LogP contribution < -0.4 is 0 Å². The van der Waals surface area contributed by atoms with Gasteiger partial charge in [-0.15, -0.1) is 22.7 Å². The number of nitriles is 1. The summed E-state index contributed by atoms with van der Waals surface area (Å²) in [6.45, 7) is 0. The molecule has 0 aromatic carbocycles. The second kappa shape index (κ2) is 6.31. The predicted octanol–water partition coefficient (Wildman–Crippen LogP) is 5.09. The van der Waals surface area contributed by atoms with Crippen LogP contribution in [0.15, 0.2) is 45.8 Å². The minimum Gasteiger partial charge on any atom is -0.265 e. The monoisotopic (exact) mass is 373 g/mol. The third kappa shape index (κ3) is 3.27. The largest absolute Gasteiger partial charge is 0.265 e. The summed E-state index contributed by atoms with van der Waals surface area (Å²) in [4.78, 5) is 9.57. The molecule has 0 amide bonds. The molecule has 0 saturated heterocycles. The van der Waals surface area contributed by atoms with Crippen LogP contribution in [0.25, 0.3) is 22.9 Å². The normalized spacial score (nSPS) is 11.3. The zero-order chi connectivity index (χ0) is 14.7. The van der Waals surface area contributed by atoms with Crippen molar-refractivity contribution in [3.8, 4) is 17.3 Å². The molecule has 0 aliphatic carbocycles. The lowest BCUT2D eigenvalue weighted by Gasteiger charge is -1.94. The van der Waals surface area contributed by atoms with E-state index in [1.165, 1.54) is 11.3 Å². The molecule has 3 rings (SSSR count). The molecule has 3 aromatic heterocycles. The second-order valence-corrected chi connectivity index (χ2v) is 6.83. The lowest BCUT2D eigenvalue weighted by molar-refractivity contribution is 1.31. The molecular weight excluding hydrogens is 366 g/mol. The highest BCUT2D eigenvalue weighted by atomic mass is 79.9. The molecule has 21 heavy (non-hydrogen) atoms. The molecule has 0 aliphatic heterocycles. The van der Waals surface area contributed by atoms with E-state index in [4.69, 9.17) is 0 Å². The maximum Gasteiger partial charge on any atom is 0.134 e. The number of nitrogens with zero attached hydrogens (tertiary/aromatic N) is 3. The molecule has 6 heteroatoms. The van der Waals surface area contributed by atoms with E-state index in [9.17, 15) is 5.26 Å². The number of hydrogen-bond acceptors (Lipinski definition) is 5. The van der Waals surface area contributed by atoms with Crippen molar-refractivity contribution < 1.29 is 0 Å². The molecule has 0 radical (unpaired) electrons. The zero-order valence-electron chi connectivity index (χ0n) is 10.7. The van der Waals surface area contributed by atoms with Gasteiger partial charge < -0.3 is 0 Å². The first-order valence-electron chi connectivity index (χ1n) is 5.98. The lowest BCUT2D eigenvalue weighted by Crippen LogP contribution is -1.82. The summed E-state index contributed by atoms with van der Waals surface area (Å²) in [5.74, 6) is 0. The van der Waals surface area contributed by atoms with Crippen molar-refractivity contribution in [3.05, 3.63) is 55.7 Å². The number of halogens is 1. The van der Waals surface area contributed by atoms with Gasteiger partial charge in [0.15, 0.2) is 0 Å². The number of pyridine rings is 1. The zero-order valence-corrected chi connectivity index (χ0v) is 13.9. The Morgan fingerprint density at radius 3 is 2.71 bits per heavy atom. The maximum absolute atomic E-state index is 9.36. The summed E-state index contributed by atoms with van der Waals surface area (Å²) in [6, 6.07) is 8.03. The number of hydrogen-bond donors (Lipinski definition) is 0. The van der Waals surface area contributed by atoms with Gasteiger partial charge >= 0.3 is 0 Å². The minimum atomic E-state index is 0.578. The molecule has 0 spiro atoms. The van der Waals surface area contributed by atoms with E-state index >= 15 is 0 Å². The highest BCUT2D eigenvalue weighted by Crippen LogP contribution is 2.29. The van der Waals surface area contributed by atoms with E-state index in [2.05, 4.69) is 32.0 Å². The Bertz CT molecular complexity index is 828. The van der Waals surface area contributed by atoms with Gasteiger partial charge in [0, 0.05) is 38.1 Å².